The van der Waals surface area contributed by atoms with Crippen molar-refractivity contribution in [2.24, 2.45) is 0 Å². The quantitative estimate of drug-likeness (QED) is 0.794. The maximum absolute atomic E-state index is 13.3. The molecule has 0 bridgehead atoms. The fraction of sp³-hybridized carbons (Fsp3) is 0.0667. The predicted molar refractivity (Wildman–Crippen MR) is 76.5 cm³/mol. The molecule has 2 aromatic carbocycles. The average Bonchev–Trinajstić information content (AvgIpc) is 2.91. The molecule has 1 heterocycles. The molecule has 1 atom stereocenters. The van der Waals surface area contributed by atoms with Crippen molar-refractivity contribution in [3.05, 3.63) is 70.5 Å². The second kappa shape index (κ2) is 5.15. The number of nitrogens with one attached hydrogen (secondary N) is 2. The Morgan fingerprint density at radius 1 is 1.15 bits per heavy atom. The summed E-state index contributed by atoms with van der Waals surface area (Å²) in [5, 5.41) is 10.5. The van der Waals surface area contributed by atoms with Crippen LogP contribution >= 0.6 is 11.6 Å². The van der Waals surface area contributed by atoms with Gasteiger partial charge in [-0.25, -0.2) is 9.82 Å². The van der Waals surface area contributed by atoms with Gasteiger partial charge in [0.05, 0.1) is 11.7 Å². The smallest absolute Gasteiger partial charge is 0.125 e. The minimum atomic E-state index is -0.401. The predicted octanol–water partition coefficient (Wildman–Crippen LogP) is 3.37. The zero-order chi connectivity index (χ0) is 14.1. The van der Waals surface area contributed by atoms with Gasteiger partial charge in [-0.15, -0.1) is 0 Å². The van der Waals surface area contributed by atoms with Crippen LogP contribution in [0.5, 0.6) is 5.75 Å². The molecule has 1 aliphatic heterocycles. The normalized spacial score (nSPS) is 17.7. The molecule has 3 nitrogen and oxygen atoms in total. The Labute approximate surface area is 120 Å². The highest BCUT2D eigenvalue weighted by Crippen LogP contribution is 2.32. The molecular formula is C15H12ClFN2O. The van der Waals surface area contributed by atoms with E-state index in [9.17, 15) is 9.50 Å². The largest absolute Gasteiger partial charge is 0.507 e. The third kappa shape index (κ3) is 2.35. The standard InChI is InChI=1S/C15H12ClFN2O/c16-12-4-2-1-3-10(12)13-8-14(19-18-13)11-7-9(17)5-6-15(11)20/h1-8,13,18-20H. The van der Waals surface area contributed by atoms with E-state index < -0.39 is 5.82 Å². The summed E-state index contributed by atoms with van der Waals surface area (Å²) in [7, 11) is 0. The van der Waals surface area contributed by atoms with Crippen molar-refractivity contribution >= 4 is 17.3 Å². The molecule has 0 fully saturated rings. The second-order valence-corrected chi connectivity index (χ2v) is 4.92. The fourth-order valence-electron chi connectivity index (χ4n) is 2.18. The van der Waals surface area contributed by atoms with Crippen LogP contribution < -0.4 is 10.9 Å². The first-order chi connectivity index (χ1) is 9.65. The van der Waals surface area contributed by atoms with Crippen molar-refractivity contribution in [1.82, 2.24) is 10.9 Å². The Morgan fingerprint density at radius 2 is 1.95 bits per heavy atom. The number of aromatic hydroxyl groups is 1. The number of hydrazine groups is 1. The number of rotatable bonds is 2. The van der Waals surface area contributed by atoms with Gasteiger partial charge in [-0.2, -0.15) is 0 Å². The molecule has 3 rings (SSSR count). The number of hydrogen-bond acceptors (Lipinski definition) is 3. The van der Waals surface area contributed by atoms with Gasteiger partial charge in [0.2, 0.25) is 0 Å². The molecule has 0 amide bonds. The van der Waals surface area contributed by atoms with Crippen molar-refractivity contribution in [1.29, 1.82) is 0 Å². The van der Waals surface area contributed by atoms with Crippen LogP contribution in [0.3, 0.4) is 0 Å². The van der Waals surface area contributed by atoms with Gasteiger partial charge in [0.1, 0.15) is 11.6 Å². The Kier molecular flexibility index (Phi) is 3.34. The molecule has 1 unspecified atom stereocenters. The lowest BCUT2D eigenvalue weighted by Crippen LogP contribution is -2.26. The second-order valence-electron chi connectivity index (χ2n) is 4.51. The molecule has 0 saturated carbocycles. The van der Waals surface area contributed by atoms with Crippen LogP contribution in [0.2, 0.25) is 5.02 Å². The van der Waals surface area contributed by atoms with E-state index in [1.165, 1.54) is 18.2 Å². The SMILES string of the molecule is Oc1ccc(F)cc1C1=CC(c2ccccc2Cl)NN1. The summed E-state index contributed by atoms with van der Waals surface area (Å²) in [6, 6.07) is 11.2. The summed E-state index contributed by atoms with van der Waals surface area (Å²) in [6.07, 6.45) is 1.86. The van der Waals surface area contributed by atoms with Crippen molar-refractivity contribution in [3.8, 4) is 5.75 Å². The zero-order valence-corrected chi connectivity index (χ0v) is 11.2. The molecular weight excluding hydrogens is 279 g/mol. The van der Waals surface area contributed by atoms with E-state index in [1.54, 1.807) is 0 Å². The van der Waals surface area contributed by atoms with Crippen LogP contribution in [0.4, 0.5) is 4.39 Å². The third-order valence-corrected chi connectivity index (χ3v) is 3.53. The van der Waals surface area contributed by atoms with Gasteiger partial charge in [-0.1, -0.05) is 29.8 Å². The lowest BCUT2D eigenvalue weighted by atomic mass is 10.0. The highest BCUT2D eigenvalue weighted by atomic mass is 35.5. The molecule has 0 spiro atoms. The first kappa shape index (κ1) is 13.0. The van der Waals surface area contributed by atoms with E-state index in [0.29, 0.717) is 16.3 Å². The first-order valence-corrected chi connectivity index (χ1v) is 6.49. The maximum atomic E-state index is 13.3. The molecule has 5 heteroatoms. The van der Waals surface area contributed by atoms with Crippen molar-refractivity contribution < 1.29 is 9.50 Å². The lowest BCUT2D eigenvalue weighted by Gasteiger charge is -2.10. The fourth-order valence-corrected chi connectivity index (χ4v) is 2.43. The van der Waals surface area contributed by atoms with E-state index in [4.69, 9.17) is 11.6 Å². The summed E-state index contributed by atoms with van der Waals surface area (Å²) in [4.78, 5) is 0. The summed E-state index contributed by atoms with van der Waals surface area (Å²) in [5.41, 5.74) is 7.93. The Bertz CT molecular complexity index is 687. The van der Waals surface area contributed by atoms with Crippen LogP contribution in [0.15, 0.2) is 48.5 Å². The minimum absolute atomic E-state index is 0.0201. The van der Waals surface area contributed by atoms with E-state index in [-0.39, 0.29) is 11.8 Å². The van der Waals surface area contributed by atoms with Gasteiger partial charge in [0.15, 0.2) is 0 Å². The van der Waals surface area contributed by atoms with Gasteiger partial charge in [-0.3, -0.25) is 0 Å². The molecule has 0 radical (unpaired) electrons. The number of halogens is 2. The zero-order valence-electron chi connectivity index (χ0n) is 10.4. The topological polar surface area (TPSA) is 44.3 Å². The van der Waals surface area contributed by atoms with Gasteiger partial charge >= 0.3 is 0 Å². The van der Waals surface area contributed by atoms with Crippen LogP contribution in [-0.4, -0.2) is 5.11 Å². The third-order valence-electron chi connectivity index (χ3n) is 3.18. The van der Waals surface area contributed by atoms with Crippen LogP contribution in [0.1, 0.15) is 17.2 Å². The van der Waals surface area contributed by atoms with Crippen LogP contribution in [0, 0.1) is 5.82 Å². The Hall–Kier alpha value is -2.04. The first-order valence-electron chi connectivity index (χ1n) is 6.12. The Morgan fingerprint density at radius 3 is 2.75 bits per heavy atom. The van der Waals surface area contributed by atoms with E-state index >= 15 is 0 Å². The highest BCUT2D eigenvalue weighted by Gasteiger charge is 2.21. The average molecular weight is 291 g/mol. The summed E-state index contributed by atoms with van der Waals surface area (Å²) >= 11 is 6.15. The molecule has 0 saturated heterocycles. The van der Waals surface area contributed by atoms with Gasteiger partial charge in [0, 0.05) is 10.6 Å². The number of hydrogen-bond donors (Lipinski definition) is 3. The number of benzene rings is 2. The van der Waals surface area contributed by atoms with Crippen molar-refractivity contribution in [2.75, 3.05) is 0 Å². The summed E-state index contributed by atoms with van der Waals surface area (Å²) in [6.45, 7) is 0. The van der Waals surface area contributed by atoms with Crippen LogP contribution in [-0.2, 0) is 0 Å². The molecule has 0 aliphatic carbocycles. The van der Waals surface area contributed by atoms with E-state index in [2.05, 4.69) is 10.9 Å². The van der Waals surface area contributed by atoms with Crippen LogP contribution in [0.25, 0.3) is 5.70 Å². The lowest BCUT2D eigenvalue weighted by molar-refractivity contribution is 0.470. The van der Waals surface area contributed by atoms with Crippen molar-refractivity contribution in [3.63, 3.8) is 0 Å². The number of phenols is 1. The van der Waals surface area contributed by atoms with Gasteiger partial charge in [0.25, 0.3) is 0 Å². The maximum Gasteiger partial charge on any atom is 0.125 e. The molecule has 2 aromatic rings. The van der Waals surface area contributed by atoms with E-state index in [0.717, 1.165) is 5.56 Å². The minimum Gasteiger partial charge on any atom is -0.507 e. The molecule has 102 valence electrons. The highest BCUT2D eigenvalue weighted by molar-refractivity contribution is 6.31. The summed E-state index contributed by atoms with van der Waals surface area (Å²) in [5.74, 6) is -0.381. The Balaban J connectivity index is 1.96. The van der Waals surface area contributed by atoms with Gasteiger partial charge in [-0.05, 0) is 35.9 Å². The van der Waals surface area contributed by atoms with Crippen molar-refractivity contribution in [2.45, 2.75) is 6.04 Å². The molecule has 3 N–H and O–H groups in total. The van der Waals surface area contributed by atoms with Gasteiger partial charge < -0.3 is 10.5 Å². The summed E-state index contributed by atoms with van der Waals surface area (Å²) < 4.78 is 13.3. The number of phenolic OH excluding ortho intramolecular Hbond substituents is 1. The monoisotopic (exact) mass is 290 g/mol. The van der Waals surface area contributed by atoms with E-state index in [1.807, 2.05) is 30.3 Å². The molecule has 1 aliphatic rings. The molecule has 20 heavy (non-hydrogen) atoms. The molecule has 0 aromatic heterocycles.